The normalized spacial score (nSPS) is 13.6. The number of amides is 1. The predicted octanol–water partition coefficient (Wildman–Crippen LogP) is 4.03. The van der Waals surface area contributed by atoms with Gasteiger partial charge >= 0.3 is 0 Å². The number of hydrogen-bond acceptors (Lipinski definition) is 6. The molecule has 0 spiro atoms. The van der Waals surface area contributed by atoms with Crippen molar-refractivity contribution in [3.63, 3.8) is 0 Å². The van der Waals surface area contributed by atoms with E-state index in [2.05, 4.69) is 20.5 Å². The van der Waals surface area contributed by atoms with E-state index in [0.29, 0.717) is 22.9 Å². The van der Waals surface area contributed by atoms with Gasteiger partial charge in [0.25, 0.3) is 0 Å². The quantitative estimate of drug-likeness (QED) is 0.644. The number of H-pyrrole nitrogens is 1. The van der Waals surface area contributed by atoms with Crippen LogP contribution in [0.1, 0.15) is 29.8 Å². The van der Waals surface area contributed by atoms with Gasteiger partial charge in [0.05, 0.1) is 10.6 Å². The molecule has 1 aliphatic rings. The molecule has 0 aromatic carbocycles. The lowest BCUT2D eigenvalue weighted by Gasteiger charge is -2.06. The summed E-state index contributed by atoms with van der Waals surface area (Å²) >= 11 is 8.50. The van der Waals surface area contributed by atoms with Gasteiger partial charge in [-0.05, 0) is 49.3 Å². The maximum Gasteiger partial charge on any atom is 0.227 e. The van der Waals surface area contributed by atoms with E-state index in [1.807, 2.05) is 22.1 Å². The molecule has 3 aromatic rings. The molecule has 1 aliphatic carbocycles. The zero-order valence-electron chi connectivity index (χ0n) is 13.4. The lowest BCUT2D eigenvalue weighted by atomic mass is 10.0. The van der Waals surface area contributed by atoms with Gasteiger partial charge in [0, 0.05) is 17.8 Å². The van der Waals surface area contributed by atoms with E-state index in [4.69, 9.17) is 12.2 Å². The summed E-state index contributed by atoms with van der Waals surface area (Å²) in [4.78, 5) is 19.2. The molecule has 130 valence electrons. The Morgan fingerprint density at radius 2 is 2.28 bits per heavy atom. The van der Waals surface area contributed by atoms with Crippen LogP contribution >= 0.6 is 34.9 Å². The molecule has 0 saturated heterocycles. The minimum absolute atomic E-state index is 0.0497. The number of fused-ring (bicyclic) bond motifs is 1. The molecule has 0 aliphatic heterocycles. The van der Waals surface area contributed by atoms with Crippen LogP contribution in [-0.4, -0.2) is 25.7 Å². The maximum absolute atomic E-state index is 12.3. The van der Waals surface area contributed by atoms with E-state index in [1.54, 1.807) is 22.7 Å². The highest BCUT2D eigenvalue weighted by atomic mass is 32.1. The van der Waals surface area contributed by atoms with E-state index in [-0.39, 0.29) is 5.91 Å². The van der Waals surface area contributed by atoms with Crippen molar-refractivity contribution in [1.29, 1.82) is 0 Å². The Balaban J connectivity index is 1.42. The number of carbonyl (C=O) groups is 1. The van der Waals surface area contributed by atoms with E-state index >= 15 is 0 Å². The van der Waals surface area contributed by atoms with Crippen molar-refractivity contribution >= 4 is 45.9 Å². The number of nitrogens with one attached hydrogen (secondary N) is 2. The number of aryl methyl sites for hydroxylation is 2. The highest BCUT2D eigenvalue weighted by Crippen LogP contribution is 2.29. The first kappa shape index (κ1) is 16.6. The van der Waals surface area contributed by atoms with Gasteiger partial charge < -0.3 is 5.32 Å². The average Bonchev–Trinajstić information content (AvgIpc) is 3.31. The molecule has 0 saturated carbocycles. The van der Waals surface area contributed by atoms with Gasteiger partial charge in [0.2, 0.25) is 5.91 Å². The maximum atomic E-state index is 12.3. The van der Waals surface area contributed by atoms with Gasteiger partial charge in [-0.2, -0.15) is 5.10 Å². The number of anilines is 1. The number of hydrogen-bond donors (Lipinski definition) is 2. The van der Waals surface area contributed by atoms with Crippen LogP contribution in [0.5, 0.6) is 0 Å². The highest BCUT2D eigenvalue weighted by Gasteiger charge is 2.17. The van der Waals surface area contributed by atoms with Crippen molar-refractivity contribution in [3.05, 3.63) is 32.9 Å². The fourth-order valence-electron chi connectivity index (χ4n) is 2.92. The summed E-state index contributed by atoms with van der Waals surface area (Å²) in [7, 11) is 0. The standard InChI is InChI=1S/C16H17N5OS3/c22-13(18-15-17-10-4-1-2-5-11(10)25-15)7-8-21-14(19-20-16(21)23)12-6-3-9-24-12/h3,6,9H,1-2,4-5,7-8H2,(H,20,23)(H,17,18,22). The number of aromatic nitrogens is 4. The second kappa shape index (κ2) is 7.19. The summed E-state index contributed by atoms with van der Waals surface area (Å²) in [5, 5.41) is 12.7. The summed E-state index contributed by atoms with van der Waals surface area (Å²) in [6.07, 6.45) is 4.84. The Morgan fingerprint density at radius 3 is 3.08 bits per heavy atom. The van der Waals surface area contributed by atoms with Crippen LogP contribution in [0.15, 0.2) is 17.5 Å². The molecule has 25 heavy (non-hydrogen) atoms. The van der Waals surface area contributed by atoms with Crippen LogP contribution in [0, 0.1) is 4.77 Å². The lowest BCUT2D eigenvalue weighted by Crippen LogP contribution is -2.15. The Morgan fingerprint density at radius 1 is 1.40 bits per heavy atom. The summed E-state index contributed by atoms with van der Waals surface area (Å²) in [6.45, 7) is 0.486. The van der Waals surface area contributed by atoms with Gasteiger partial charge in [0.1, 0.15) is 0 Å². The second-order valence-electron chi connectivity index (χ2n) is 5.88. The highest BCUT2D eigenvalue weighted by molar-refractivity contribution is 7.71. The van der Waals surface area contributed by atoms with Crippen LogP contribution in [0.4, 0.5) is 5.13 Å². The minimum atomic E-state index is -0.0497. The fraction of sp³-hybridized carbons (Fsp3) is 0.375. The molecule has 3 heterocycles. The van der Waals surface area contributed by atoms with Gasteiger partial charge in [0.15, 0.2) is 15.7 Å². The van der Waals surface area contributed by atoms with Crippen LogP contribution in [0.2, 0.25) is 0 Å². The van der Waals surface area contributed by atoms with Crippen molar-refractivity contribution < 1.29 is 4.79 Å². The number of nitrogens with zero attached hydrogens (tertiary/aromatic N) is 3. The molecule has 0 bridgehead atoms. The summed E-state index contributed by atoms with van der Waals surface area (Å²) < 4.78 is 2.40. The number of carbonyl (C=O) groups excluding carboxylic acids is 1. The molecule has 4 rings (SSSR count). The zero-order valence-corrected chi connectivity index (χ0v) is 15.9. The average molecular weight is 392 g/mol. The van der Waals surface area contributed by atoms with Crippen LogP contribution in [0.3, 0.4) is 0 Å². The van der Waals surface area contributed by atoms with E-state index in [0.717, 1.165) is 29.2 Å². The van der Waals surface area contributed by atoms with Gasteiger partial charge in [-0.3, -0.25) is 14.5 Å². The minimum Gasteiger partial charge on any atom is -0.302 e. The third-order valence-electron chi connectivity index (χ3n) is 4.15. The largest absolute Gasteiger partial charge is 0.302 e. The summed E-state index contributed by atoms with van der Waals surface area (Å²) in [5.41, 5.74) is 1.16. The molecule has 0 unspecified atom stereocenters. The Bertz CT molecular complexity index is 914. The van der Waals surface area contributed by atoms with Crippen LogP contribution in [0.25, 0.3) is 10.7 Å². The first-order valence-corrected chi connectivity index (χ1v) is 10.3. The molecule has 6 nitrogen and oxygen atoms in total. The van der Waals surface area contributed by atoms with Gasteiger partial charge in [-0.25, -0.2) is 4.98 Å². The third kappa shape index (κ3) is 3.58. The zero-order chi connectivity index (χ0) is 17.2. The molecule has 0 atom stereocenters. The first-order chi connectivity index (χ1) is 12.2. The smallest absolute Gasteiger partial charge is 0.227 e. The molecule has 0 radical (unpaired) electrons. The van der Waals surface area contributed by atoms with Crippen molar-refractivity contribution in [2.24, 2.45) is 0 Å². The molecule has 0 fully saturated rings. The Hall–Kier alpha value is -1.84. The topological polar surface area (TPSA) is 75.6 Å². The van der Waals surface area contributed by atoms with Crippen molar-refractivity contribution in [3.8, 4) is 10.7 Å². The number of aromatic amines is 1. The third-order valence-corrected chi connectivity index (χ3v) is 6.40. The fourth-order valence-corrected chi connectivity index (χ4v) is 4.93. The van der Waals surface area contributed by atoms with Crippen LogP contribution < -0.4 is 5.32 Å². The number of thiophene rings is 1. The molecule has 1 amide bonds. The summed E-state index contributed by atoms with van der Waals surface area (Å²) in [6, 6.07) is 3.96. The number of thiazole rings is 1. The van der Waals surface area contributed by atoms with E-state index in [9.17, 15) is 4.79 Å². The van der Waals surface area contributed by atoms with E-state index < -0.39 is 0 Å². The molecule has 9 heteroatoms. The lowest BCUT2D eigenvalue weighted by molar-refractivity contribution is -0.116. The number of rotatable bonds is 5. The van der Waals surface area contributed by atoms with Crippen molar-refractivity contribution in [1.82, 2.24) is 19.7 Å². The Kier molecular flexibility index (Phi) is 4.78. The first-order valence-electron chi connectivity index (χ1n) is 8.18. The van der Waals surface area contributed by atoms with Gasteiger partial charge in [-0.15, -0.1) is 22.7 Å². The van der Waals surface area contributed by atoms with Crippen molar-refractivity contribution in [2.45, 2.75) is 38.6 Å². The SMILES string of the molecule is O=C(CCn1c(-c2cccs2)n[nH]c1=S)Nc1nc2c(s1)CCCC2. The van der Waals surface area contributed by atoms with Crippen LogP contribution in [-0.2, 0) is 24.2 Å². The van der Waals surface area contributed by atoms with Gasteiger partial charge in [-0.1, -0.05) is 6.07 Å². The Labute approximate surface area is 157 Å². The molecule has 3 aromatic heterocycles. The monoisotopic (exact) mass is 391 g/mol. The molecular weight excluding hydrogens is 374 g/mol. The second-order valence-corrected chi connectivity index (χ2v) is 8.29. The summed E-state index contributed by atoms with van der Waals surface area (Å²) in [5.74, 6) is 0.726. The van der Waals surface area contributed by atoms with E-state index in [1.165, 1.54) is 17.7 Å². The van der Waals surface area contributed by atoms with Crippen molar-refractivity contribution in [2.75, 3.05) is 5.32 Å². The molecule has 2 N–H and O–H groups in total. The predicted molar refractivity (Wildman–Crippen MR) is 103 cm³/mol. The molecular formula is C16H17N5OS3.